The molecule has 2 saturated heterocycles. The molecule has 2 rings (SSSR count). The summed E-state index contributed by atoms with van der Waals surface area (Å²) < 4.78 is 0. The van der Waals surface area contributed by atoms with Gasteiger partial charge in [-0.1, -0.05) is 0 Å². The summed E-state index contributed by atoms with van der Waals surface area (Å²) >= 11 is 0. The highest BCUT2D eigenvalue weighted by Gasteiger charge is 2.30. The van der Waals surface area contributed by atoms with Crippen molar-refractivity contribution >= 4 is 83.1 Å². The molecule has 10 heteroatoms. The highest BCUT2D eigenvalue weighted by Crippen LogP contribution is 1.93. The fourth-order valence-electron chi connectivity index (χ4n) is 2.86. The minimum absolute atomic E-state index is 0.600. The molecule has 0 aromatic carbocycles. The summed E-state index contributed by atoms with van der Waals surface area (Å²) in [5.74, 6) is 0. The van der Waals surface area contributed by atoms with Crippen LogP contribution in [0, 0.1) is 0 Å². The van der Waals surface area contributed by atoms with Gasteiger partial charge in [0.15, 0.2) is 0 Å². The Hall–Kier alpha value is 2.17. The van der Waals surface area contributed by atoms with E-state index < -0.39 is 0 Å². The number of rotatable bonds is 1. The SMILES string of the molecule is [SiH2]1[SiH2][SiH2][SiH]([SiH]2[SiH2][SiH2][SiH2][SiH2]2)[SiH2]1. The first kappa shape index (κ1) is 8.75. The zero-order valence-electron chi connectivity index (χ0n) is 6.81. The molecule has 0 aromatic rings. The van der Waals surface area contributed by atoms with E-state index in [-0.39, 0.29) is 0 Å². The molecule has 2 aliphatic rings. The molecule has 0 aromatic heterocycles. The van der Waals surface area contributed by atoms with Crippen molar-refractivity contribution in [2.24, 2.45) is 0 Å². The quantitative estimate of drug-likeness (QED) is 0.422. The van der Waals surface area contributed by atoms with E-state index in [9.17, 15) is 0 Å². The van der Waals surface area contributed by atoms with E-state index in [2.05, 4.69) is 0 Å². The molecule has 2 heterocycles. The molecular weight excluding hydrogens is 281 g/mol. The monoisotopic (exact) mass is 298 g/mol. The first-order chi connectivity index (χ1) is 4.97. The molecule has 10 heavy (non-hydrogen) atoms. The molecule has 0 spiro atoms. The lowest BCUT2D eigenvalue weighted by atomic mass is 26.0. The Kier molecular flexibility index (Phi) is 3.87. The van der Waals surface area contributed by atoms with E-state index in [0.717, 1.165) is 68.4 Å². The van der Waals surface area contributed by atoms with E-state index in [4.69, 9.17) is 0 Å². The Balaban J connectivity index is 1.85. The first-order valence-corrected chi connectivity index (χ1v) is 44.7. The molecule has 0 bridgehead atoms. The second kappa shape index (κ2) is 4.42. The lowest BCUT2D eigenvalue weighted by Gasteiger charge is -2.12. The van der Waals surface area contributed by atoms with Gasteiger partial charge in [0.2, 0.25) is 0 Å². The maximum absolute atomic E-state index is 1.00. The maximum atomic E-state index is 1.00. The van der Waals surface area contributed by atoms with Gasteiger partial charge in [-0.3, -0.25) is 0 Å². The standard InChI is InChI=1S/H18Si10/c1-2-6-9(5-1)10-7-3-4-8-10/h9-10H,1-8H2. The van der Waals surface area contributed by atoms with Crippen molar-refractivity contribution in [1.29, 1.82) is 0 Å². The molecule has 0 amide bonds. The lowest BCUT2D eigenvalue weighted by molar-refractivity contribution is 3.64. The molecule has 0 radical (unpaired) electrons. The molecule has 0 unspecified atom stereocenters. The highest BCUT2D eigenvalue weighted by atomic mass is 30.4. The van der Waals surface area contributed by atoms with Gasteiger partial charge in [-0.05, 0) is 83.1 Å². The largest absolute Gasteiger partial charge is 0.00930 e. The predicted octanol–water partition coefficient (Wildman–Crippen LogP) is -8.63. The predicted molar refractivity (Wildman–Crippen MR) is 82.6 cm³/mol. The molecule has 0 N–H and O–H groups in total. The Labute approximate surface area is 82.6 Å². The van der Waals surface area contributed by atoms with Crippen LogP contribution in [0.4, 0.5) is 0 Å². The van der Waals surface area contributed by atoms with E-state index >= 15 is 0 Å². The topological polar surface area (TPSA) is 0 Å². The van der Waals surface area contributed by atoms with Crippen LogP contribution in [0.1, 0.15) is 0 Å². The van der Waals surface area contributed by atoms with Gasteiger partial charge in [-0.2, -0.15) is 0 Å². The molecule has 0 atom stereocenters. The summed E-state index contributed by atoms with van der Waals surface area (Å²) in [7, 11) is 9.11. The van der Waals surface area contributed by atoms with E-state index in [1.54, 1.807) is 0 Å². The summed E-state index contributed by atoms with van der Waals surface area (Å²) in [6.45, 7) is 0. The fourth-order valence-corrected chi connectivity index (χ4v) is 694. The highest BCUT2D eigenvalue weighted by molar-refractivity contribution is 8.06. The van der Waals surface area contributed by atoms with Gasteiger partial charge >= 0.3 is 0 Å². The van der Waals surface area contributed by atoms with E-state index in [1.807, 2.05) is 0 Å². The minimum atomic E-state index is 0.600. The summed E-state index contributed by atoms with van der Waals surface area (Å²) in [5.41, 5.74) is 0. The third-order valence-corrected chi connectivity index (χ3v) is 281. The fraction of sp³-hybridized carbons (Fsp3) is 0. The minimum Gasteiger partial charge on any atom is -0.00930 e. The maximum Gasteiger partial charge on any atom is -0.00647 e. The van der Waals surface area contributed by atoms with Gasteiger partial charge in [-0.25, -0.2) is 0 Å². The van der Waals surface area contributed by atoms with Crippen LogP contribution in [0.2, 0.25) is 0 Å². The normalized spacial score (nSPS) is 60.0. The number of hydrogen-bond acceptors (Lipinski definition) is 0. The second-order valence-corrected chi connectivity index (χ2v) is 110. The Bertz CT molecular complexity index is 80.6. The summed E-state index contributed by atoms with van der Waals surface area (Å²) in [4.78, 5) is 0. The van der Waals surface area contributed by atoms with Crippen molar-refractivity contribution in [3.8, 4) is 0 Å². The molecule has 0 nitrogen and oxygen atoms in total. The number of hydrogen-bond donors (Lipinski definition) is 0. The van der Waals surface area contributed by atoms with Crippen LogP contribution in [-0.4, -0.2) is 83.1 Å². The van der Waals surface area contributed by atoms with Crippen LogP contribution >= 0.6 is 0 Å². The molecule has 0 saturated carbocycles. The Morgan fingerprint density at radius 1 is 0.500 bits per heavy atom. The average Bonchev–Trinajstić information content (AvgIpc) is 2.59. The van der Waals surface area contributed by atoms with Crippen molar-refractivity contribution < 1.29 is 0 Å². The average molecular weight is 299 g/mol. The van der Waals surface area contributed by atoms with Gasteiger partial charge in [0.05, 0.1) is 0 Å². The van der Waals surface area contributed by atoms with Crippen LogP contribution in [0.15, 0.2) is 0 Å². The van der Waals surface area contributed by atoms with Crippen molar-refractivity contribution in [2.75, 3.05) is 0 Å². The van der Waals surface area contributed by atoms with Crippen molar-refractivity contribution in [3.63, 3.8) is 0 Å². The third-order valence-electron chi connectivity index (χ3n) is 3.47. The van der Waals surface area contributed by atoms with Gasteiger partial charge in [0.1, 0.15) is 0 Å². The van der Waals surface area contributed by atoms with Crippen LogP contribution in [0.25, 0.3) is 0 Å². The van der Waals surface area contributed by atoms with Crippen LogP contribution in [0.3, 0.4) is 0 Å². The van der Waals surface area contributed by atoms with Crippen LogP contribution < -0.4 is 0 Å². The van der Waals surface area contributed by atoms with Crippen molar-refractivity contribution in [2.45, 2.75) is 0 Å². The summed E-state index contributed by atoms with van der Waals surface area (Å²) in [6, 6.07) is 0. The molecule has 58 valence electrons. The van der Waals surface area contributed by atoms with Crippen molar-refractivity contribution in [3.05, 3.63) is 0 Å². The second-order valence-electron chi connectivity index (χ2n) is 4.09. The Morgan fingerprint density at radius 2 is 0.800 bits per heavy atom. The van der Waals surface area contributed by atoms with E-state index in [1.165, 1.54) is 0 Å². The molecule has 0 aliphatic carbocycles. The molecule has 2 aliphatic heterocycles. The Morgan fingerprint density at radius 3 is 1.10 bits per heavy atom. The van der Waals surface area contributed by atoms with Crippen LogP contribution in [0.5, 0.6) is 0 Å². The third kappa shape index (κ3) is 2.10. The summed E-state index contributed by atoms with van der Waals surface area (Å²) in [6.07, 6.45) is 0. The first-order valence-electron chi connectivity index (χ1n) is 4.97. The zero-order chi connectivity index (χ0) is 6.81. The zero-order valence-corrected chi connectivity index (χ0v) is 20.4. The van der Waals surface area contributed by atoms with Gasteiger partial charge < -0.3 is 0 Å². The summed E-state index contributed by atoms with van der Waals surface area (Å²) in [5, 5.41) is 0. The smallest absolute Gasteiger partial charge is 0.00647 e. The van der Waals surface area contributed by atoms with Crippen LogP contribution in [-0.2, 0) is 0 Å². The van der Waals surface area contributed by atoms with E-state index in [0.29, 0.717) is 14.7 Å². The lowest BCUT2D eigenvalue weighted by Crippen LogP contribution is -2.49. The molecular formula is H18Si10. The van der Waals surface area contributed by atoms with Gasteiger partial charge in [0.25, 0.3) is 0 Å². The van der Waals surface area contributed by atoms with Gasteiger partial charge in [-0.15, -0.1) is 0 Å². The van der Waals surface area contributed by atoms with Gasteiger partial charge in [0, 0.05) is 0 Å². The van der Waals surface area contributed by atoms with Crippen molar-refractivity contribution in [1.82, 2.24) is 0 Å². The molecule has 2 fully saturated rings.